The van der Waals surface area contributed by atoms with Crippen LogP contribution in [0.15, 0.2) is 72.0 Å². The van der Waals surface area contributed by atoms with Gasteiger partial charge in [-0.05, 0) is 79.9 Å². The normalized spacial score (nSPS) is 16.5. The van der Waals surface area contributed by atoms with E-state index in [1.165, 1.54) is 23.8 Å². The van der Waals surface area contributed by atoms with Gasteiger partial charge < -0.3 is 19.6 Å². The van der Waals surface area contributed by atoms with E-state index in [4.69, 9.17) is 9.57 Å². The quantitative estimate of drug-likeness (QED) is 0.133. The molecule has 0 aromatic heterocycles. The van der Waals surface area contributed by atoms with Crippen LogP contribution in [0.3, 0.4) is 0 Å². The number of phenolic OH excluding ortho intramolecular Hbond substituents is 1. The number of carbonyl (C=O) groups is 2. The third-order valence-corrected chi connectivity index (χ3v) is 6.49. The largest absolute Gasteiger partial charge is 0.508 e. The molecule has 1 amide bonds. The van der Waals surface area contributed by atoms with E-state index in [0.29, 0.717) is 42.3 Å². The Labute approximate surface area is 219 Å². The van der Waals surface area contributed by atoms with Gasteiger partial charge in [-0.25, -0.2) is 4.79 Å². The highest BCUT2D eigenvalue weighted by molar-refractivity contribution is 5.99. The minimum atomic E-state index is -0.477. The standard InChI is InChI=1S/C30H38N2O5/c1-3-5-12-26(20-25-21-27(33)13-14-28(25)30(35)36-19-6-4-2)31-37-22-29(34)32-17-15-24(16-18-32)23-10-8-7-9-11-23/h4-5,8,10-14,21,24,33H,2-3,6-7,9,15-20,22H2,1H3/b12-5+,31-26+. The van der Waals surface area contributed by atoms with Crippen molar-refractivity contribution in [3.8, 4) is 5.75 Å². The molecule has 7 nitrogen and oxygen atoms in total. The monoisotopic (exact) mass is 506 g/mol. The summed E-state index contributed by atoms with van der Waals surface area (Å²) in [5.74, 6) is -0.00612. The third kappa shape index (κ3) is 8.77. The summed E-state index contributed by atoms with van der Waals surface area (Å²) in [4.78, 5) is 32.6. The fourth-order valence-electron chi connectivity index (χ4n) is 4.47. The molecule has 37 heavy (non-hydrogen) atoms. The van der Waals surface area contributed by atoms with Gasteiger partial charge in [-0.3, -0.25) is 4.79 Å². The number of likely N-dealkylation sites (tertiary alicyclic amines) is 1. The van der Waals surface area contributed by atoms with Gasteiger partial charge in [-0.2, -0.15) is 0 Å². The minimum absolute atomic E-state index is 0.0374. The van der Waals surface area contributed by atoms with Crippen LogP contribution in [0, 0.1) is 5.92 Å². The highest BCUT2D eigenvalue weighted by atomic mass is 16.6. The lowest BCUT2D eigenvalue weighted by Gasteiger charge is -2.32. The molecule has 7 heteroatoms. The molecular formula is C30H38N2O5. The maximum Gasteiger partial charge on any atom is 0.338 e. The predicted octanol–water partition coefficient (Wildman–Crippen LogP) is 5.52. The fourth-order valence-corrected chi connectivity index (χ4v) is 4.47. The third-order valence-electron chi connectivity index (χ3n) is 6.49. The van der Waals surface area contributed by atoms with Crippen LogP contribution in [0.2, 0.25) is 0 Å². The highest BCUT2D eigenvalue weighted by Crippen LogP contribution is 2.28. The number of piperidine rings is 1. The molecule has 3 rings (SSSR count). The number of nitrogens with zero attached hydrogens (tertiary/aromatic N) is 2. The molecule has 0 atom stereocenters. The first-order valence-corrected chi connectivity index (χ1v) is 13.1. The number of hydrogen-bond acceptors (Lipinski definition) is 6. The second-order valence-corrected chi connectivity index (χ2v) is 9.24. The SMILES string of the molecule is C=CCCOC(=O)c1ccc(O)cc1CC(/C=C/CC)=N/OCC(=O)N1CCC(C2=CCCC=C2)CC1. The summed E-state index contributed by atoms with van der Waals surface area (Å²) in [5.41, 5.74) is 2.85. The van der Waals surface area contributed by atoms with Gasteiger partial charge in [-0.1, -0.05) is 42.5 Å². The van der Waals surface area contributed by atoms with Gasteiger partial charge in [0, 0.05) is 19.5 Å². The number of esters is 1. The van der Waals surface area contributed by atoms with E-state index in [1.807, 2.05) is 17.9 Å². The van der Waals surface area contributed by atoms with Crippen molar-refractivity contribution in [2.75, 3.05) is 26.3 Å². The summed E-state index contributed by atoms with van der Waals surface area (Å²) in [5, 5.41) is 14.2. The van der Waals surface area contributed by atoms with E-state index < -0.39 is 5.97 Å². The average molecular weight is 507 g/mol. The Balaban J connectivity index is 1.59. The number of benzene rings is 1. The maximum absolute atomic E-state index is 12.7. The summed E-state index contributed by atoms with van der Waals surface area (Å²) in [6, 6.07) is 4.51. The number of amides is 1. The van der Waals surface area contributed by atoms with Crippen molar-refractivity contribution in [1.29, 1.82) is 0 Å². The Bertz CT molecular complexity index is 1060. The molecule has 1 fully saturated rings. The maximum atomic E-state index is 12.7. The second-order valence-electron chi connectivity index (χ2n) is 9.24. The molecule has 0 bridgehead atoms. The van der Waals surface area contributed by atoms with Crippen LogP contribution >= 0.6 is 0 Å². The molecule has 1 N–H and O–H groups in total. The Kier molecular flexibility index (Phi) is 11.2. The van der Waals surface area contributed by atoms with Gasteiger partial charge in [0.1, 0.15) is 5.75 Å². The van der Waals surface area contributed by atoms with E-state index >= 15 is 0 Å². The van der Waals surface area contributed by atoms with Crippen LogP contribution in [-0.2, 0) is 20.8 Å². The number of aromatic hydroxyl groups is 1. The highest BCUT2D eigenvalue weighted by Gasteiger charge is 2.25. The van der Waals surface area contributed by atoms with Gasteiger partial charge in [-0.15, -0.1) is 6.58 Å². The van der Waals surface area contributed by atoms with E-state index in [-0.39, 0.29) is 31.3 Å². The molecule has 1 aliphatic heterocycles. The number of phenols is 1. The van der Waals surface area contributed by atoms with E-state index in [0.717, 1.165) is 32.1 Å². The Morgan fingerprint density at radius 1 is 1.24 bits per heavy atom. The molecule has 2 aliphatic rings. The number of hydrogen-bond donors (Lipinski definition) is 1. The van der Waals surface area contributed by atoms with Crippen molar-refractivity contribution in [1.82, 2.24) is 4.90 Å². The molecule has 198 valence electrons. The lowest BCUT2D eigenvalue weighted by molar-refractivity contribution is -0.137. The Hall–Kier alpha value is -3.61. The van der Waals surface area contributed by atoms with Crippen LogP contribution in [0.1, 0.15) is 61.4 Å². The molecule has 1 heterocycles. The number of allylic oxidation sites excluding steroid dienone is 6. The molecule has 1 saturated heterocycles. The summed E-state index contributed by atoms with van der Waals surface area (Å²) in [6.45, 7) is 7.14. The van der Waals surface area contributed by atoms with Gasteiger partial charge >= 0.3 is 5.97 Å². The first kappa shape index (κ1) is 28.0. The zero-order chi connectivity index (χ0) is 26.5. The van der Waals surface area contributed by atoms with E-state index in [2.05, 4.69) is 30.0 Å². The lowest BCUT2D eigenvalue weighted by Crippen LogP contribution is -2.40. The zero-order valence-electron chi connectivity index (χ0n) is 21.7. The molecule has 0 unspecified atom stereocenters. The topological polar surface area (TPSA) is 88.4 Å². The second kappa shape index (κ2) is 14.8. The first-order valence-electron chi connectivity index (χ1n) is 13.1. The molecule has 1 aliphatic carbocycles. The Morgan fingerprint density at radius 2 is 2.05 bits per heavy atom. The summed E-state index contributed by atoms with van der Waals surface area (Å²) >= 11 is 0. The van der Waals surface area contributed by atoms with E-state index in [9.17, 15) is 14.7 Å². The zero-order valence-corrected chi connectivity index (χ0v) is 21.7. The molecule has 1 aromatic carbocycles. The number of carbonyl (C=O) groups excluding carboxylic acids is 2. The van der Waals surface area contributed by atoms with Crippen molar-refractivity contribution in [3.05, 3.63) is 77.9 Å². The van der Waals surface area contributed by atoms with Crippen LogP contribution in [0.25, 0.3) is 0 Å². The molecule has 1 aromatic rings. The van der Waals surface area contributed by atoms with Crippen molar-refractivity contribution in [2.45, 2.75) is 51.9 Å². The van der Waals surface area contributed by atoms with Crippen molar-refractivity contribution >= 4 is 17.6 Å². The van der Waals surface area contributed by atoms with Crippen molar-refractivity contribution in [2.24, 2.45) is 11.1 Å². The summed E-state index contributed by atoms with van der Waals surface area (Å²) < 4.78 is 5.30. The fraction of sp³-hybridized carbons (Fsp3) is 0.433. The van der Waals surface area contributed by atoms with Crippen LogP contribution in [0.4, 0.5) is 0 Å². The van der Waals surface area contributed by atoms with E-state index in [1.54, 1.807) is 12.2 Å². The average Bonchev–Trinajstić information content (AvgIpc) is 2.92. The van der Waals surface area contributed by atoms with Gasteiger partial charge in [0.25, 0.3) is 5.91 Å². The van der Waals surface area contributed by atoms with Crippen LogP contribution in [0.5, 0.6) is 5.75 Å². The first-order chi connectivity index (χ1) is 18.0. The summed E-state index contributed by atoms with van der Waals surface area (Å²) in [7, 11) is 0. The molecular weight excluding hydrogens is 468 g/mol. The molecule has 0 radical (unpaired) electrons. The van der Waals surface area contributed by atoms with Crippen molar-refractivity contribution in [3.63, 3.8) is 0 Å². The number of ether oxygens (including phenoxy) is 1. The molecule has 0 spiro atoms. The van der Waals surface area contributed by atoms with Crippen LogP contribution in [-0.4, -0.2) is 53.9 Å². The van der Waals surface area contributed by atoms with Gasteiger partial charge in [0.2, 0.25) is 0 Å². The number of oxime groups is 1. The predicted molar refractivity (Wildman–Crippen MR) is 145 cm³/mol. The Morgan fingerprint density at radius 3 is 2.76 bits per heavy atom. The van der Waals surface area contributed by atoms with Gasteiger partial charge in [0.15, 0.2) is 6.61 Å². The molecule has 0 saturated carbocycles. The minimum Gasteiger partial charge on any atom is -0.508 e. The van der Waals surface area contributed by atoms with Gasteiger partial charge in [0.05, 0.1) is 17.9 Å². The smallest absolute Gasteiger partial charge is 0.338 e. The number of rotatable bonds is 12. The van der Waals surface area contributed by atoms with Crippen molar-refractivity contribution < 1.29 is 24.3 Å². The van der Waals surface area contributed by atoms with Crippen LogP contribution < -0.4 is 0 Å². The summed E-state index contributed by atoms with van der Waals surface area (Å²) in [6.07, 6.45) is 17.9. The lowest BCUT2D eigenvalue weighted by atomic mass is 9.86.